The molecule has 2 rings (SSSR count). The van der Waals surface area contributed by atoms with Gasteiger partial charge in [-0.3, -0.25) is 4.79 Å². The third-order valence-electron chi connectivity index (χ3n) is 2.83. The molecule has 21 heavy (non-hydrogen) atoms. The fraction of sp³-hybridized carbons (Fsp3) is 0.200. The van der Waals surface area contributed by atoms with Crippen LogP contribution in [0.5, 0.6) is 5.75 Å². The molecule has 1 amide bonds. The number of aryl methyl sites for hydroxylation is 1. The summed E-state index contributed by atoms with van der Waals surface area (Å²) < 4.78 is 5.52. The highest BCUT2D eigenvalue weighted by molar-refractivity contribution is 6.30. The standard InChI is InChI=1S/C15H16ClN3O2/c1-3-21-13-6-9(2)4-5-12(13)19-15(20)10-7-14(16)18-8-11(10)17/h4-8H,3,17H2,1-2H3,(H,19,20). The first-order valence-corrected chi connectivity index (χ1v) is 6.85. The van der Waals surface area contributed by atoms with Crippen molar-refractivity contribution in [3.8, 4) is 5.75 Å². The number of hydrogen-bond acceptors (Lipinski definition) is 4. The molecule has 2 aromatic rings. The second-order valence-electron chi connectivity index (χ2n) is 4.48. The topological polar surface area (TPSA) is 77.2 Å². The minimum atomic E-state index is -0.360. The number of amides is 1. The highest BCUT2D eigenvalue weighted by Gasteiger charge is 2.14. The number of pyridine rings is 1. The summed E-state index contributed by atoms with van der Waals surface area (Å²) in [5.41, 5.74) is 7.92. The number of hydrogen-bond donors (Lipinski definition) is 2. The summed E-state index contributed by atoms with van der Waals surface area (Å²) in [5, 5.41) is 2.99. The lowest BCUT2D eigenvalue weighted by molar-refractivity contribution is 0.102. The van der Waals surface area contributed by atoms with Crippen LogP contribution in [0.25, 0.3) is 0 Å². The van der Waals surface area contributed by atoms with Gasteiger partial charge >= 0.3 is 0 Å². The number of nitrogens with zero attached hydrogens (tertiary/aromatic N) is 1. The van der Waals surface area contributed by atoms with E-state index in [0.717, 1.165) is 5.56 Å². The summed E-state index contributed by atoms with van der Waals surface area (Å²) in [5.74, 6) is 0.256. The van der Waals surface area contributed by atoms with Gasteiger partial charge in [-0.05, 0) is 37.6 Å². The van der Waals surface area contributed by atoms with E-state index in [9.17, 15) is 4.79 Å². The second-order valence-corrected chi connectivity index (χ2v) is 4.87. The lowest BCUT2D eigenvalue weighted by Crippen LogP contribution is -2.15. The Labute approximate surface area is 128 Å². The molecule has 0 spiro atoms. The van der Waals surface area contributed by atoms with Gasteiger partial charge in [0.1, 0.15) is 10.9 Å². The van der Waals surface area contributed by atoms with Gasteiger partial charge in [0.05, 0.1) is 29.7 Å². The number of anilines is 2. The molecule has 5 nitrogen and oxygen atoms in total. The maximum Gasteiger partial charge on any atom is 0.258 e. The Kier molecular flexibility index (Phi) is 4.65. The van der Waals surface area contributed by atoms with Gasteiger partial charge < -0.3 is 15.8 Å². The van der Waals surface area contributed by atoms with Gasteiger partial charge in [0.15, 0.2) is 0 Å². The first-order valence-electron chi connectivity index (χ1n) is 6.47. The predicted octanol–water partition coefficient (Wildman–Crippen LogP) is 3.28. The van der Waals surface area contributed by atoms with Crippen molar-refractivity contribution in [3.05, 3.63) is 46.7 Å². The molecule has 110 valence electrons. The summed E-state index contributed by atoms with van der Waals surface area (Å²) in [4.78, 5) is 16.1. The largest absolute Gasteiger partial charge is 0.492 e. The van der Waals surface area contributed by atoms with Crippen LogP contribution in [0, 0.1) is 6.92 Å². The average Bonchev–Trinajstić information content (AvgIpc) is 2.44. The molecular weight excluding hydrogens is 290 g/mol. The Morgan fingerprint density at radius 1 is 1.43 bits per heavy atom. The van der Waals surface area contributed by atoms with E-state index in [-0.39, 0.29) is 22.3 Å². The Morgan fingerprint density at radius 2 is 2.19 bits per heavy atom. The number of carbonyl (C=O) groups excluding carboxylic acids is 1. The van der Waals surface area contributed by atoms with Crippen molar-refractivity contribution in [3.63, 3.8) is 0 Å². The molecule has 0 unspecified atom stereocenters. The van der Waals surface area contributed by atoms with Gasteiger partial charge in [0.25, 0.3) is 5.91 Å². The zero-order chi connectivity index (χ0) is 15.4. The maximum absolute atomic E-state index is 12.3. The second kappa shape index (κ2) is 6.45. The first kappa shape index (κ1) is 15.1. The molecule has 0 fully saturated rings. The lowest BCUT2D eigenvalue weighted by Gasteiger charge is -2.13. The molecule has 0 bridgehead atoms. The Morgan fingerprint density at radius 3 is 2.90 bits per heavy atom. The summed E-state index contributed by atoms with van der Waals surface area (Å²) in [6, 6.07) is 6.97. The van der Waals surface area contributed by atoms with Crippen molar-refractivity contribution in [1.82, 2.24) is 4.98 Å². The van der Waals surface area contributed by atoms with E-state index in [4.69, 9.17) is 22.1 Å². The van der Waals surface area contributed by atoms with Crippen molar-refractivity contribution < 1.29 is 9.53 Å². The van der Waals surface area contributed by atoms with Crippen LogP contribution in [0.3, 0.4) is 0 Å². The summed E-state index contributed by atoms with van der Waals surface area (Å²) in [7, 11) is 0. The molecular formula is C15H16ClN3O2. The quantitative estimate of drug-likeness (QED) is 0.850. The number of carbonyl (C=O) groups is 1. The number of ether oxygens (including phenoxy) is 1. The van der Waals surface area contributed by atoms with E-state index in [1.54, 1.807) is 6.07 Å². The highest BCUT2D eigenvalue weighted by atomic mass is 35.5. The zero-order valence-electron chi connectivity index (χ0n) is 11.8. The molecule has 0 aliphatic carbocycles. The molecule has 1 aromatic carbocycles. The minimum absolute atomic E-state index is 0.211. The van der Waals surface area contributed by atoms with Crippen LogP contribution in [0.2, 0.25) is 5.15 Å². The van der Waals surface area contributed by atoms with Gasteiger partial charge in [0, 0.05) is 0 Å². The van der Waals surface area contributed by atoms with E-state index in [1.165, 1.54) is 12.3 Å². The maximum atomic E-state index is 12.3. The van der Waals surface area contributed by atoms with E-state index in [2.05, 4.69) is 10.3 Å². The van der Waals surface area contributed by atoms with Crippen LogP contribution in [0.4, 0.5) is 11.4 Å². The number of aromatic nitrogens is 1. The molecule has 1 aromatic heterocycles. The molecule has 0 radical (unpaired) electrons. The van der Waals surface area contributed by atoms with E-state index in [0.29, 0.717) is 18.0 Å². The van der Waals surface area contributed by atoms with Crippen molar-refractivity contribution >= 4 is 28.9 Å². The van der Waals surface area contributed by atoms with Crippen LogP contribution in [-0.4, -0.2) is 17.5 Å². The minimum Gasteiger partial charge on any atom is -0.492 e. The van der Waals surface area contributed by atoms with Gasteiger partial charge in [-0.25, -0.2) is 4.98 Å². The number of nitrogen functional groups attached to an aromatic ring is 1. The van der Waals surface area contributed by atoms with Crippen LogP contribution in [-0.2, 0) is 0 Å². The van der Waals surface area contributed by atoms with Gasteiger partial charge in [-0.1, -0.05) is 17.7 Å². The van der Waals surface area contributed by atoms with E-state index in [1.807, 2.05) is 26.0 Å². The summed E-state index contributed by atoms with van der Waals surface area (Å²) >= 11 is 5.79. The van der Waals surface area contributed by atoms with Crippen molar-refractivity contribution in [2.75, 3.05) is 17.7 Å². The molecule has 0 saturated carbocycles. The fourth-order valence-corrected chi connectivity index (χ4v) is 1.99. The van der Waals surface area contributed by atoms with E-state index >= 15 is 0 Å². The number of halogens is 1. The summed E-state index contributed by atoms with van der Waals surface area (Å²) in [6.45, 7) is 4.35. The SMILES string of the molecule is CCOc1cc(C)ccc1NC(=O)c1cc(Cl)ncc1N. The van der Waals surface area contributed by atoms with Gasteiger partial charge in [-0.2, -0.15) is 0 Å². The normalized spacial score (nSPS) is 10.2. The van der Waals surface area contributed by atoms with Crippen LogP contribution in [0.15, 0.2) is 30.5 Å². The third-order valence-corrected chi connectivity index (χ3v) is 3.04. The molecule has 1 heterocycles. The average molecular weight is 306 g/mol. The molecule has 0 aliphatic rings. The van der Waals surface area contributed by atoms with Crippen molar-refractivity contribution in [1.29, 1.82) is 0 Å². The molecule has 0 saturated heterocycles. The highest BCUT2D eigenvalue weighted by Crippen LogP contribution is 2.27. The molecule has 0 atom stereocenters. The van der Waals surface area contributed by atoms with Crippen molar-refractivity contribution in [2.45, 2.75) is 13.8 Å². The first-order chi connectivity index (χ1) is 10.0. The molecule has 3 N–H and O–H groups in total. The fourth-order valence-electron chi connectivity index (χ4n) is 1.83. The Hall–Kier alpha value is -2.27. The molecule has 6 heteroatoms. The predicted molar refractivity (Wildman–Crippen MR) is 84.0 cm³/mol. The monoisotopic (exact) mass is 305 g/mol. The van der Waals surface area contributed by atoms with Crippen LogP contribution < -0.4 is 15.8 Å². The smallest absolute Gasteiger partial charge is 0.258 e. The number of nitrogens with two attached hydrogens (primary N) is 1. The van der Waals surface area contributed by atoms with Gasteiger partial charge in [0.2, 0.25) is 0 Å². The van der Waals surface area contributed by atoms with Crippen LogP contribution >= 0.6 is 11.6 Å². The third kappa shape index (κ3) is 3.64. The number of nitrogens with one attached hydrogen (secondary N) is 1. The van der Waals surface area contributed by atoms with E-state index < -0.39 is 0 Å². The van der Waals surface area contributed by atoms with Crippen LogP contribution in [0.1, 0.15) is 22.8 Å². The van der Waals surface area contributed by atoms with Gasteiger partial charge in [-0.15, -0.1) is 0 Å². The van der Waals surface area contributed by atoms with Crippen molar-refractivity contribution in [2.24, 2.45) is 0 Å². The lowest BCUT2D eigenvalue weighted by atomic mass is 10.2. The Bertz CT molecular complexity index is 674. The Balaban J connectivity index is 2.29. The summed E-state index contributed by atoms with van der Waals surface area (Å²) in [6.07, 6.45) is 1.36. The zero-order valence-corrected chi connectivity index (χ0v) is 12.6. The molecule has 0 aliphatic heterocycles. The number of benzene rings is 1. The number of rotatable bonds is 4.